The first-order valence-electron chi connectivity index (χ1n) is 4.22. The maximum Gasteiger partial charge on any atom is 0.0924 e. The van der Waals surface area contributed by atoms with Crippen LogP contribution in [0.2, 0.25) is 0 Å². The van der Waals surface area contributed by atoms with Gasteiger partial charge in [-0.05, 0) is 13.3 Å². The molecule has 4 heteroatoms. The minimum atomic E-state index is -0.0895. The summed E-state index contributed by atoms with van der Waals surface area (Å²) >= 11 is 0. The predicted octanol–water partition coefficient (Wildman–Crippen LogP) is 1.90. The molecule has 0 aliphatic rings. The number of hydrogen-bond donors (Lipinski definition) is 1. The van der Waals surface area contributed by atoms with Crippen molar-refractivity contribution in [2.75, 3.05) is 7.05 Å². The molecule has 0 radical (unpaired) electrons. The zero-order valence-electron chi connectivity index (χ0n) is 8.07. The summed E-state index contributed by atoms with van der Waals surface area (Å²) in [5.41, 5.74) is 5.52. The summed E-state index contributed by atoms with van der Waals surface area (Å²) in [6.45, 7) is 3.98. The molecule has 0 spiro atoms. The van der Waals surface area contributed by atoms with Crippen molar-refractivity contribution in [1.29, 1.82) is 0 Å². The van der Waals surface area contributed by atoms with Gasteiger partial charge in [-0.25, -0.2) is 0 Å². The quantitative estimate of drug-likeness (QED) is 0.389. The average Bonchev–Trinajstić information content (AvgIpc) is 2.03. The highest BCUT2D eigenvalue weighted by Gasteiger charge is 1.96. The van der Waals surface area contributed by atoms with Gasteiger partial charge in [-0.3, -0.25) is 5.01 Å². The fourth-order valence-electron chi connectivity index (χ4n) is 0.481. The van der Waals surface area contributed by atoms with E-state index in [1.54, 1.807) is 18.3 Å². The van der Waals surface area contributed by atoms with E-state index in [1.807, 2.05) is 13.0 Å². The number of hydrogen-bond acceptors (Lipinski definition) is 3. The molecule has 0 heterocycles. The lowest BCUT2D eigenvalue weighted by Gasteiger charge is -2.14. The second-order valence-electron chi connectivity index (χ2n) is 2.69. The SMILES string of the molecule is CCC/C=C/N=NN(C)C(C)N. The van der Waals surface area contributed by atoms with Crippen LogP contribution in [0.25, 0.3) is 0 Å². The molecule has 1 atom stereocenters. The first-order valence-corrected chi connectivity index (χ1v) is 4.22. The molecule has 0 aliphatic carbocycles. The second kappa shape index (κ2) is 6.79. The van der Waals surface area contributed by atoms with Gasteiger partial charge in [0.1, 0.15) is 0 Å². The Labute approximate surface area is 74.1 Å². The predicted molar refractivity (Wildman–Crippen MR) is 50.3 cm³/mol. The van der Waals surface area contributed by atoms with Crippen LogP contribution in [-0.4, -0.2) is 18.2 Å². The maximum absolute atomic E-state index is 5.52. The average molecular weight is 170 g/mol. The molecule has 1 unspecified atom stereocenters. The maximum atomic E-state index is 5.52. The molecule has 0 bridgehead atoms. The van der Waals surface area contributed by atoms with Crippen molar-refractivity contribution in [2.24, 2.45) is 16.1 Å². The lowest BCUT2D eigenvalue weighted by molar-refractivity contribution is 0.259. The molecule has 12 heavy (non-hydrogen) atoms. The van der Waals surface area contributed by atoms with E-state index in [1.165, 1.54) is 0 Å². The van der Waals surface area contributed by atoms with Crippen molar-refractivity contribution in [3.05, 3.63) is 12.3 Å². The largest absolute Gasteiger partial charge is 0.310 e. The summed E-state index contributed by atoms with van der Waals surface area (Å²) < 4.78 is 0. The molecule has 0 saturated carbocycles. The molecule has 4 nitrogen and oxygen atoms in total. The van der Waals surface area contributed by atoms with Gasteiger partial charge in [0.2, 0.25) is 0 Å². The standard InChI is InChI=1S/C8H18N4/c1-4-5-6-7-10-11-12(3)8(2)9/h6-8H,4-5,9H2,1-3H3/b7-6+,11-10?. The summed E-state index contributed by atoms with van der Waals surface area (Å²) in [5, 5.41) is 9.27. The van der Waals surface area contributed by atoms with E-state index in [2.05, 4.69) is 17.3 Å². The van der Waals surface area contributed by atoms with E-state index in [4.69, 9.17) is 5.73 Å². The summed E-state index contributed by atoms with van der Waals surface area (Å²) in [7, 11) is 1.79. The van der Waals surface area contributed by atoms with Crippen LogP contribution in [0.15, 0.2) is 22.6 Å². The fourth-order valence-corrected chi connectivity index (χ4v) is 0.481. The van der Waals surface area contributed by atoms with Gasteiger partial charge in [-0.1, -0.05) is 24.6 Å². The topological polar surface area (TPSA) is 54.0 Å². The molecule has 0 fully saturated rings. The van der Waals surface area contributed by atoms with E-state index in [9.17, 15) is 0 Å². The van der Waals surface area contributed by atoms with Crippen LogP contribution in [-0.2, 0) is 0 Å². The minimum Gasteiger partial charge on any atom is -0.310 e. The second-order valence-corrected chi connectivity index (χ2v) is 2.69. The molecule has 0 aromatic heterocycles. The van der Waals surface area contributed by atoms with Crippen molar-refractivity contribution < 1.29 is 0 Å². The van der Waals surface area contributed by atoms with E-state index >= 15 is 0 Å². The molecule has 0 amide bonds. The highest BCUT2D eigenvalue weighted by atomic mass is 15.6. The Morgan fingerprint density at radius 1 is 1.58 bits per heavy atom. The lowest BCUT2D eigenvalue weighted by atomic mass is 10.3. The van der Waals surface area contributed by atoms with E-state index < -0.39 is 0 Å². The van der Waals surface area contributed by atoms with Gasteiger partial charge in [-0.2, -0.15) is 0 Å². The molecule has 0 aromatic rings. The van der Waals surface area contributed by atoms with Gasteiger partial charge in [0, 0.05) is 13.2 Å². The third-order valence-corrected chi connectivity index (χ3v) is 1.41. The van der Waals surface area contributed by atoms with Gasteiger partial charge in [0.25, 0.3) is 0 Å². The zero-order chi connectivity index (χ0) is 9.40. The zero-order valence-corrected chi connectivity index (χ0v) is 8.07. The first-order chi connectivity index (χ1) is 5.68. The Bertz CT molecular complexity index is 151. The Morgan fingerprint density at radius 2 is 2.25 bits per heavy atom. The first kappa shape index (κ1) is 11.1. The number of rotatable bonds is 5. The molecule has 70 valence electrons. The van der Waals surface area contributed by atoms with Crippen molar-refractivity contribution in [2.45, 2.75) is 32.9 Å². The summed E-state index contributed by atoms with van der Waals surface area (Å²) in [6.07, 6.45) is 5.77. The van der Waals surface area contributed by atoms with Crippen LogP contribution < -0.4 is 5.73 Å². The Hall–Kier alpha value is -0.900. The lowest BCUT2D eigenvalue weighted by Crippen LogP contribution is -2.31. The Balaban J connectivity index is 3.60. The van der Waals surface area contributed by atoms with Crippen LogP contribution in [0.4, 0.5) is 0 Å². The van der Waals surface area contributed by atoms with Gasteiger partial charge in [0.15, 0.2) is 0 Å². The van der Waals surface area contributed by atoms with Gasteiger partial charge < -0.3 is 5.73 Å². The van der Waals surface area contributed by atoms with Gasteiger partial charge in [0.05, 0.1) is 6.17 Å². The Morgan fingerprint density at radius 3 is 2.75 bits per heavy atom. The fraction of sp³-hybridized carbons (Fsp3) is 0.750. The van der Waals surface area contributed by atoms with Gasteiger partial charge >= 0.3 is 0 Å². The summed E-state index contributed by atoms with van der Waals surface area (Å²) in [6, 6.07) is 0. The van der Waals surface area contributed by atoms with E-state index in [-0.39, 0.29) is 6.17 Å². The van der Waals surface area contributed by atoms with Crippen molar-refractivity contribution in [3.8, 4) is 0 Å². The molecule has 2 N–H and O–H groups in total. The number of nitrogens with zero attached hydrogens (tertiary/aromatic N) is 3. The van der Waals surface area contributed by atoms with E-state index in [0.29, 0.717) is 0 Å². The smallest absolute Gasteiger partial charge is 0.0924 e. The number of allylic oxidation sites excluding steroid dienone is 1. The normalized spacial score (nSPS) is 14.3. The third-order valence-electron chi connectivity index (χ3n) is 1.41. The Kier molecular flexibility index (Phi) is 6.28. The van der Waals surface area contributed by atoms with Crippen LogP contribution in [0.3, 0.4) is 0 Å². The summed E-state index contributed by atoms with van der Waals surface area (Å²) in [4.78, 5) is 0. The molecule has 0 aromatic carbocycles. The van der Waals surface area contributed by atoms with Crippen molar-refractivity contribution >= 4 is 0 Å². The number of nitrogens with two attached hydrogens (primary N) is 1. The third kappa shape index (κ3) is 5.85. The van der Waals surface area contributed by atoms with Crippen molar-refractivity contribution in [1.82, 2.24) is 5.01 Å². The minimum absolute atomic E-state index is 0.0895. The molecular weight excluding hydrogens is 152 g/mol. The van der Waals surface area contributed by atoms with Crippen molar-refractivity contribution in [3.63, 3.8) is 0 Å². The molecule has 0 aliphatic heterocycles. The van der Waals surface area contributed by atoms with Crippen LogP contribution >= 0.6 is 0 Å². The molecule has 0 saturated heterocycles. The van der Waals surface area contributed by atoms with Gasteiger partial charge in [-0.15, -0.1) is 5.11 Å². The number of unbranched alkanes of at least 4 members (excludes halogenated alkanes) is 1. The van der Waals surface area contributed by atoms with Crippen LogP contribution in [0.1, 0.15) is 26.7 Å². The molecular formula is C8H18N4. The van der Waals surface area contributed by atoms with Crippen LogP contribution in [0.5, 0.6) is 0 Å². The van der Waals surface area contributed by atoms with Crippen LogP contribution in [0, 0.1) is 0 Å². The summed E-state index contributed by atoms with van der Waals surface area (Å²) in [5.74, 6) is 0. The highest BCUT2D eigenvalue weighted by molar-refractivity contribution is 4.76. The molecule has 0 rings (SSSR count). The van der Waals surface area contributed by atoms with E-state index in [0.717, 1.165) is 12.8 Å². The highest BCUT2D eigenvalue weighted by Crippen LogP contribution is 1.92. The monoisotopic (exact) mass is 170 g/mol.